The van der Waals surface area contributed by atoms with Gasteiger partial charge in [-0.25, -0.2) is 0 Å². The first kappa shape index (κ1) is 12.8. The summed E-state index contributed by atoms with van der Waals surface area (Å²) in [6.07, 6.45) is 1.09. The number of hydrogen-bond donors (Lipinski definition) is 0. The van der Waals surface area contributed by atoms with Gasteiger partial charge in [-0.1, -0.05) is 31.9 Å². The van der Waals surface area contributed by atoms with Gasteiger partial charge in [-0.2, -0.15) is 11.8 Å². The molecule has 2 atom stereocenters. The van der Waals surface area contributed by atoms with Crippen molar-refractivity contribution >= 4 is 43.6 Å². The van der Waals surface area contributed by atoms with E-state index in [1.54, 1.807) is 7.11 Å². The predicted molar refractivity (Wildman–Crippen MR) is 77.9 cm³/mol. The Kier molecular flexibility index (Phi) is 4.62. The lowest BCUT2D eigenvalue weighted by Crippen LogP contribution is -2.14. The molecule has 1 aromatic rings. The molecule has 0 amide bonds. The number of hydrogen-bond acceptors (Lipinski definition) is 2. The third-order valence-electron chi connectivity index (χ3n) is 2.85. The van der Waals surface area contributed by atoms with E-state index in [0.29, 0.717) is 10.7 Å². The number of thioether (sulfide) groups is 1. The summed E-state index contributed by atoms with van der Waals surface area (Å²) in [4.78, 5) is 0.640. The molecule has 16 heavy (non-hydrogen) atoms. The third kappa shape index (κ3) is 2.96. The SMILES string of the molecule is COc1ccc(Br)cc1CC1CSCC1Br. The summed E-state index contributed by atoms with van der Waals surface area (Å²) in [5.41, 5.74) is 1.30. The lowest BCUT2D eigenvalue weighted by atomic mass is 9.98. The molecule has 1 fully saturated rings. The van der Waals surface area contributed by atoms with Crippen molar-refractivity contribution in [3.05, 3.63) is 28.2 Å². The van der Waals surface area contributed by atoms with Gasteiger partial charge in [0.15, 0.2) is 0 Å². The molecule has 1 aliphatic heterocycles. The van der Waals surface area contributed by atoms with Crippen molar-refractivity contribution in [1.82, 2.24) is 0 Å². The van der Waals surface area contributed by atoms with Gasteiger partial charge in [-0.15, -0.1) is 0 Å². The molecule has 0 bridgehead atoms. The minimum Gasteiger partial charge on any atom is -0.496 e. The number of rotatable bonds is 3. The first-order valence-electron chi connectivity index (χ1n) is 5.25. The zero-order valence-corrected chi connectivity index (χ0v) is 13.1. The molecule has 2 rings (SSSR count). The van der Waals surface area contributed by atoms with Crippen LogP contribution in [0.2, 0.25) is 0 Å². The van der Waals surface area contributed by atoms with Crippen LogP contribution in [0.15, 0.2) is 22.7 Å². The summed E-state index contributed by atoms with van der Waals surface area (Å²) in [7, 11) is 1.74. The fourth-order valence-corrected chi connectivity index (χ4v) is 4.83. The second kappa shape index (κ2) is 5.78. The van der Waals surface area contributed by atoms with E-state index in [2.05, 4.69) is 37.9 Å². The Morgan fingerprint density at radius 3 is 2.88 bits per heavy atom. The Balaban J connectivity index is 2.16. The molecule has 88 valence electrons. The Bertz CT molecular complexity index is 370. The lowest BCUT2D eigenvalue weighted by molar-refractivity contribution is 0.406. The maximum atomic E-state index is 5.40. The molecule has 1 aromatic carbocycles. The summed E-state index contributed by atoms with van der Waals surface area (Å²) in [6, 6.07) is 6.23. The van der Waals surface area contributed by atoms with Gasteiger partial charge >= 0.3 is 0 Å². The maximum absolute atomic E-state index is 5.40. The third-order valence-corrected chi connectivity index (χ3v) is 6.10. The summed E-state index contributed by atoms with van der Waals surface area (Å²) in [5.74, 6) is 4.18. The Labute approximate surface area is 118 Å². The molecular formula is C12H14Br2OS. The minimum absolute atomic E-state index is 0.640. The first-order valence-corrected chi connectivity index (χ1v) is 8.11. The molecule has 0 radical (unpaired) electrons. The largest absolute Gasteiger partial charge is 0.496 e. The van der Waals surface area contributed by atoms with Crippen LogP contribution < -0.4 is 4.74 Å². The standard InChI is InChI=1S/C12H14Br2OS/c1-15-12-3-2-10(13)5-8(12)4-9-6-16-7-11(9)14/h2-3,5,9,11H,4,6-7H2,1H3. The van der Waals surface area contributed by atoms with E-state index in [1.807, 2.05) is 23.9 Å². The van der Waals surface area contributed by atoms with Crippen molar-refractivity contribution in [3.63, 3.8) is 0 Å². The van der Waals surface area contributed by atoms with Gasteiger partial charge in [-0.3, -0.25) is 0 Å². The molecule has 0 aromatic heterocycles. The highest BCUT2D eigenvalue weighted by Crippen LogP contribution is 2.35. The zero-order valence-electron chi connectivity index (χ0n) is 9.08. The van der Waals surface area contributed by atoms with Crippen molar-refractivity contribution in [2.24, 2.45) is 5.92 Å². The van der Waals surface area contributed by atoms with Crippen molar-refractivity contribution in [2.75, 3.05) is 18.6 Å². The molecule has 0 saturated carbocycles. The highest BCUT2D eigenvalue weighted by Gasteiger charge is 2.26. The molecule has 2 unspecified atom stereocenters. The molecule has 4 heteroatoms. The van der Waals surface area contributed by atoms with E-state index in [9.17, 15) is 0 Å². The Hall–Kier alpha value is 0.330. The number of alkyl halides is 1. The fourth-order valence-electron chi connectivity index (χ4n) is 1.95. The second-order valence-electron chi connectivity index (χ2n) is 3.97. The Morgan fingerprint density at radius 1 is 1.44 bits per heavy atom. The van der Waals surface area contributed by atoms with Crippen LogP contribution in [0.1, 0.15) is 5.56 Å². The monoisotopic (exact) mass is 364 g/mol. The quantitative estimate of drug-likeness (QED) is 0.745. The van der Waals surface area contributed by atoms with Crippen molar-refractivity contribution in [2.45, 2.75) is 11.2 Å². The molecular weight excluding hydrogens is 352 g/mol. The van der Waals surface area contributed by atoms with E-state index in [1.165, 1.54) is 17.1 Å². The molecule has 0 spiro atoms. The van der Waals surface area contributed by atoms with Gasteiger partial charge in [-0.05, 0) is 41.9 Å². The molecule has 0 aliphatic carbocycles. The van der Waals surface area contributed by atoms with Crippen molar-refractivity contribution in [1.29, 1.82) is 0 Å². The number of ether oxygens (including phenoxy) is 1. The van der Waals surface area contributed by atoms with Gasteiger partial charge in [0.05, 0.1) is 7.11 Å². The molecule has 1 heterocycles. The van der Waals surface area contributed by atoms with Crippen molar-refractivity contribution < 1.29 is 4.74 Å². The summed E-state index contributed by atoms with van der Waals surface area (Å²) < 4.78 is 6.53. The zero-order chi connectivity index (χ0) is 11.5. The maximum Gasteiger partial charge on any atom is 0.122 e. The number of methoxy groups -OCH3 is 1. The summed E-state index contributed by atoms with van der Waals surface area (Å²) in [5, 5.41) is 0. The van der Waals surface area contributed by atoms with Gasteiger partial charge in [0.1, 0.15) is 5.75 Å². The second-order valence-corrected chi connectivity index (χ2v) is 7.14. The number of halogens is 2. The van der Waals surface area contributed by atoms with Gasteiger partial charge in [0.2, 0.25) is 0 Å². The van der Waals surface area contributed by atoms with E-state index < -0.39 is 0 Å². The first-order chi connectivity index (χ1) is 7.70. The van der Waals surface area contributed by atoms with E-state index in [4.69, 9.17) is 4.74 Å². The minimum atomic E-state index is 0.640. The smallest absolute Gasteiger partial charge is 0.122 e. The van der Waals surface area contributed by atoms with E-state index >= 15 is 0 Å². The molecule has 1 aliphatic rings. The van der Waals surface area contributed by atoms with Gasteiger partial charge < -0.3 is 4.74 Å². The summed E-state index contributed by atoms with van der Waals surface area (Å²) >= 11 is 9.30. The van der Waals surface area contributed by atoms with Gasteiger partial charge in [0, 0.05) is 15.1 Å². The average molecular weight is 366 g/mol. The lowest BCUT2D eigenvalue weighted by Gasteiger charge is -2.15. The average Bonchev–Trinajstić information content (AvgIpc) is 2.65. The summed E-state index contributed by atoms with van der Waals surface area (Å²) in [6.45, 7) is 0. The van der Waals surface area contributed by atoms with Crippen LogP contribution in [0, 0.1) is 5.92 Å². The topological polar surface area (TPSA) is 9.23 Å². The number of benzene rings is 1. The van der Waals surface area contributed by atoms with Crippen LogP contribution in [-0.2, 0) is 6.42 Å². The fraction of sp³-hybridized carbons (Fsp3) is 0.500. The molecule has 1 saturated heterocycles. The van der Waals surface area contributed by atoms with Crippen LogP contribution in [0.4, 0.5) is 0 Å². The van der Waals surface area contributed by atoms with Gasteiger partial charge in [0.25, 0.3) is 0 Å². The normalized spacial score (nSPS) is 24.7. The molecule has 1 nitrogen and oxygen atoms in total. The van der Waals surface area contributed by atoms with Crippen LogP contribution in [0.3, 0.4) is 0 Å². The van der Waals surface area contributed by atoms with E-state index in [0.717, 1.165) is 16.6 Å². The highest BCUT2D eigenvalue weighted by molar-refractivity contribution is 9.10. The highest BCUT2D eigenvalue weighted by atomic mass is 79.9. The molecule has 0 N–H and O–H groups in total. The van der Waals surface area contributed by atoms with Crippen LogP contribution in [-0.4, -0.2) is 23.4 Å². The van der Waals surface area contributed by atoms with Crippen LogP contribution in [0.25, 0.3) is 0 Å². The van der Waals surface area contributed by atoms with Crippen LogP contribution in [0.5, 0.6) is 5.75 Å². The predicted octanol–water partition coefficient (Wildman–Crippen LogP) is 4.13. The van der Waals surface area contributed by atoms with Crippen molar-refractivity contribution in [3.8, 4) is 5.75 Å². The van der Waals surface area contributed by atoms with Crippen LogP contribution >= 0.6 is 43.6 Å². The Morgan fingerprint density at radius 2 is 2.25 bits per heavy atom. The van der Waals surface area contributed by atoms with E-state index in [-0.39, 0.29) is 0 Å².